The van der Waals surface area contributed by atoms with E-state index >= 15 is 0 Å². The zero-order valence-electron chi connectivity index (χ0n) is 14.3. The van der Waals surface area contributed by atoms with Crippen LogP contribution in [-0.2, 0) is 6.54 Å². The predicted molar refractivity (Wildman–Crippen MR) is 107 cm³/mol. The fourth-order valence-electron chi connectivity index (χ4n) is 3.32. The molecule has 3 aromatic rings. The molecule has 136 valence electrons. The van der Waals surface area contributed by atoms with E-state index < -0.39 is 0 Å². The van der Waals surface area contributed by atoms with Gasteiger partial charge in [0.15, 0.2) is 0 Å². The quantitative estimate of drug-likeness (QED) is 0.645. The van der Waals surface area contributed by atoms with Crippen LogP contribution in [0.1, 0.15) is 18.4 Å². The van der Waals surface area contributed by atoms with E-state index in [2.05, 4.69) is 20.9 Å². The molecule has 0 unspecified atom stereocenters. The van der Waals surface area contributed by atoms with Crippen LogP contribution in [0.15, 0.2) is 55.1 Å². The van der Waals surface area contributed by atoms with E-state index in [1.165, 1.54) is 5.56 Å². The molecule has 0 aliphatic carbocycles. The summed E-state index contributed by atoms with van der Waals surface area (Å²) in [6.45, 7) is 3.02. The molecule has 2 aromatic heterocycles. The predicted octanol–water partition coefficient (Wildman–Crippen LogP) is 4.75. The van der Waals surface area contributed by atoms with Crippen molar-refractivity contribution < 1.29 is 4.74 Å². The maximum absolute atomic E-state index is 6.36. The van der Waals surface area contributed by atoms with Gasteiger partial charge in [0.05, 0.1) is 5.02 Å². The molecule has 1 aliphatic rings. The summed E-state index contributed by atoms with van der Waals surface area (Å²) in [6.07, 6.45) is 9.60. The molecule has 4 rings (SSSR count). The summed E-state index contributed by atoms with van der Waals surface area (Å²) in [4.78, 5) is 10.8. The van der Waals surface area contributed by atoms with Crippen LogP contribution in [0.5, 0.6) is 5.75 Å². The lowest BCUT2D eigenvalue weighted by molar-refractivity contribution is 0.0969. The third-order valence-electron chi connectivity index (χ3n) is 4.65. The van der Waals surface area contributed by atoms with Crippen LogP contribution in [-0.4, -0.2) is 34.1 Å². The molecule has 0 spiro atoms. The molecule has 3 heterocycles. The van der Waals surface area contributed by atoms with Gasteiger partial charge in [0.2, 0.25) is 0 Å². The minimum atomic E-state index is 0. The van der Waals surface area contributed by atoms with E-state index in [0.717, 1.165) is 49.0 Å². The minimum absolute atomic E-state index is 0. The summed E-state index contributed by atoms with van der Waals surface area (Å²) in [7, 11) is 0. The molecule has 1 saturated heterocycles. The molecule has 0 bridgehead atoms. The molecule has 0 N–H and O–H groups in total. The van der Waals surface area contributed by atoms with Crippen LogP contribution in [0.4, 0.5) is 0 Å². The van der Waals surface area contributed by atoms with Crippen LogP contribution >= 0.6 is 24.0 Å². The van der Waals surface area contributed by atoms with Gasteiger partial charge in [-0.15, -0.1) is 12.4 Å². The Hall–Kier alpha value is -1.88. The molecule has 0 saturated carbocycles. The van der Waals surface area contributed by atoms with Crippen LogP contribution < -0.4 is 4.74 Å². The molecule has 1 fully saturated rings. The SMILES string of the molecule is Cl.Clc1cc(OC2CCN(Cc3cccnc3)CC2)cc2ccncc12. The van der Waals surface area contributed by atoms with Crippen LogP contribution in [0, 0.1) is 0 Å². The van der Waals surface area contributed by atoms with Crippen molar-refractivity contribution in [1.82, 2.24) is 14.9 Å². The molecule has 0 amide bonds. The normalized spacial score (nSPS) is 15.6. The lowest BCUT2D eigenvalue weighted by atomic mass is 10.1. The lowest BCUT2D eigenvalue weighted by Gasteiger charge is -2.32. The second kappa shape index (κ2) is 8.67. The molecular weight excluding hydrogens is 369 g/mol. The summed E-state index contributed by atoms with van der Waals surface area (Å²) < 4.78 is 6.20. The molecule has 1 aliphatic heterocycles. The molecule has 4 nitrogen and oxygen atoms in total. The van der Waals surface area contributed by atoms with Crippen LogP contribution in [0.2, 0.25) is 5.02 Å². The third kappa shape index (κ3) is 4.44. The number of benzene rings is 1. The van der Waals surface area contributed by atoms with Crippen molar-refractivity contribution in [2.24, 2.45) is 0 Å². The van der Waals surface area contributed by atoms with Crippen molar-refractivity contribution in [3.8, 4) is 5.75 Å². The van der Waals surface area contributed by atoms with E-state index in [1.54, 1.807) is 12.4 Å². The Morgan fingerprint density at radius 2 is 1.88 bits per heavy atom. The van der Waals surface area contributed by atoms with Gasteiger partial charge in [-0.2, -0.15) is 0 Å². The van der Waals surface area contributed by atoms with Gasteiger partial charge in [-0.05, 0) is 48.1 Å². The Labute approximate surface area is 164 Å². The van der Waals surface area contributed by atoms with Gasteiger partial charge in [0.25, 0.3) is 0 Å². The van der Waals surface area contributed by atoms with Crippen molar-refractivity contribution in [1.29, 1.82) is 0 Å². The number of piperidine rings is 1. The first kappa shape index (κ1) is 18.9. The van der Waals surface area contributed by atoms with Crippen molar-refractivity contribution >= 4 is 34.8 Å². The smallest absolute Gasteiger partial charge is 0.121 e. The van der Waals surface area contributed by atoms with Crippen LogP contribution in [0.3, 0.4) is 0 Å². The highest BCUT2D eigenvalue weighted by atomic mass is 35.5. The standard InChI is InChI=1S/C20H20ClN3O.ClH/c21-20-11-18(10-16-3-7-23-13-19(16)20)25-17-4-8-24(9-5-17)14-15-2-1-6-22-12-15;/h1-3,6-7,10-13,17H,4-5,8-9,14H2;1H. The second-order valence-electron chi connectivity index (χ2n) is 6.46. The fourth-order valence-corrected chi connectivity index (χ4v) is 3.59. The van der Waals surface area contributed by atoms with E-state index in [4.69, 9.17) is 16.3 Å². The number of aromatic nitrogens is 2. The highest BCUT2D eigenvalue weighted by Gasteiger charge is 2.21. The maximum Gasteiger partial charge on any atom is 0.121 e. The largest absolute Gasteiger partial charge is 0.490 e. The number of rotatable bonds is 4. The Balaban J connectivity index is 0.00000196. The summed E-state index contributed by atoms with van der Waals surface area (Å²) >= 11 is 6.36. The average Bonchev–Trinajstić information content (AvgIpc) is 2.64. The molecule has 26 heavy (non-hydrogen) atoms. The molecule has 6 heteroatoms. The van der Waals surface area contributed by atoms with Gasteiger partial charge in [0, 0.05) is 49.8 Å². The van der Waals surface area contributed by atoms with Gasteiger partial charge >= 0.3 is 0 Å². The van der Waals surface area contributed by atoms with Crippen molar-refractivity contribution in [3.05, 3.63) is 65.7 Å². The van der Waals surface area contributed by atoms with Crippen molar-refractivity contribution in [2.75, 3.05) is 13.1 Å². The fraction of sp³-hybridized carbons (Fsp3) is 0.300. The Morgan fingerprint density at radius 3 is 2.65 bits per heavy atom. The minimum Gasteiger partial charge on any atom is -0.490 e. The van der Waals surface area contributed by atoms with Gasteiger partial charge < -0.3 is 4.74 Å². The summed E-state index contributed by atoms with van der Waals surface area (Å²) in [5.41, 5.74) is 1.26. The molecule has 1 aromatic carbocycles. The average molecular weight is 390 g/mol. The molecule has 0 atom stereocenters. The number of likely N-dealkylation sites (tertiary alicyclic amines) is 1. The van der Waals surface area contributed by atoms with Gasteiger partial charge in [-0.25, -0.2) is 0 Å². The second-order valence-corrected chi connectivity index (χ2v) is 6.86. The summed E-state index contributed by atoms with van der Waals surface area (Å²) in [5.74, 6) is 0.842. The number of hydrogen-bond acceptors (Lipinski definition) is 4. The number of nitrogens with zero attached hydrogens (tertiary/aromatic N) is 3. The zero-order chi connectivity index (χ0) is 17.1. The van der Waals surface area contributed by atoms with E-state index in [0.29, 0.717) is 5.02 Å². The van der Waals surface area contributed by atoms with E-state index in [1.807, 2.05) is 36.7 Å². The zero-order valence-corrected chi connectivity index (χ0v) is 15.9. The Bertz CT molecular complexity index is 852. The number of halogens is 2. The maximum atomic E-state index is 6.36. The first-order valence-corrected chi connectivity index (χ1v) is 8.97. The summed E-state index contributed by atoms with van der Waals surface area (Å²) in [6, 6.07) is 10.0. The Kier molecular flexibility index (Phi) is 6.30. The van der Waals surface area contributed by atoms with E-state index in [9.17, 15) is 0 Å². The van der Waals surface area contributed by atoms with Gasteiger partial charge in [-0.3, -0.25) is 14.9 Å². The number of fused-ring (bicyclic) bond motifs is 1. The van der Waals surface area contributed by atoms with Crippen molar-refractivity contribution in [3.63, 3.8) is 0 Å². The Morgan fingerprint density at radius 1 is 1.08 bits per heavy atom. The molecular formula is C20H21Cl2N3O. The monoisotopic (exact) mass is 389 g/mol. The van der Waals surface area contributed by atoms with Crippen LogP contribution in [0.25, 0.3) is 10.8 Å². The highest BCUT2D eigenvalue weighted by Crippen LogP contribution is 2.30. The summed E-state index contributed by atoms with van der Waals surface area (Å²) in [5, 5.41) is 2.71. The van der Waals surface area contributed by atoms with E-state index in [-0.39, 0.29) is 18.5 Å². The lowest BCUT2D eigenvalue weighted by Crippen LogP contribution is -2.37. The number of hydrogen-bond donors (Lipinski definition) is 0. The third-order valence-corrected chi connectivity index (χ3v) is 4.96. The van der Waals surface area contributed by atoms with Gasteiger partial charge in [0.1, 0.15) is 11.9 Å². The molecule has 0 radical (unpaired) electrons. The number of pyridine rings is 2. The highest BCUT2D eigenvalue weighted by molar-refractivity contribution is 6.35. The topological polar surface area (TPSA) is 38.2 Å². The van der Waals surface area contributed by atoms with Crippen molar-refractivity contribution in [2.45, 2.75) is 25.5 Å². The first-order valence-electron chi connectivity index (χ1n) is 8.59. The first-order chi connectivity index (χ1) is 12.3. The number of ether oxygens (including phenoxy) is 1. The van der Waals surface area contributed by atoms with Gasteiger partial charge in [-0.1, -0.05) is 17.7 Å².